The van der Waals surface area contributed by atoms with Crippen LogP contribution in [-0.4, -0.2) is 3.21 Å². The van der Waals surface area contributed by atoms with E-state index in [1.165, 1.54) is 75.8 Å². The molecule has 0 nitrogen and oxygen atoms in total. The van der Waals surface area contributed by atoms with Gasteiger partial charge in [0.05, 0.1) is 0 Å². The number of hydrogen-bond donors (Lipinski definition) is 0. The van der Waals surface area contributed by atoms with Crippen LogP contribution in [0.15, 0.2) is 78.9 Å². The molecular formula is C40H50Cl2Zr-2. The molecule has 0 saturated carbocycles. The van der Waals surface area contributed by atoms with E-state index in [1.54, 1.807) is 27.4 Å². The molecule has 0 aromatic heterocycles. The van der Waals surface area contributed by atoms with Crippen molar-refractivity contribution in [3.63, 3.8) is 0 Å². The van der Waals surface area contributed by atoms with Crippen molar-refractivity contribution in [2.45, 2.75) is 105 Å². The summed E-state index contributed by atoms with van der Waals surface area (Å²) in [7, 11) is 0. The maximum atomic E-state index is 3.69. The Kier molecular flexibility index (Phi) is 16.2. The zero-order chi connectivity index (χ0) is 30.2. The van der Waals surface area contributed by atoms with E-state index in [-0.39, 0.29) is 35.6 Å². The summed E-state index contributed by atoms with van der Waals surface area (Å²) in [6, 6.07) is 31.7. The smallest absolute Gasteiger partial charge is 0.0129 e. The van der Waals surface area contributed by atoms with Gasteiger partial charge in [0.2, 0.25) is 0 Å². The van der Waals surface area contributed by atoms with Crippen LogP contribution in [0, 0.1) is 19.9 Å². The molecular weight excluding hydrogens is 643 g/mol. The Morgan fingerprint density at radius 1 is 0.814 bits per heavy atom. The number of unbranched alkanes of at least 4 members (excludes halogenated alkanes) is 1. The fourth-order valence-electron chi connectivity index (χ4n) is 5.66. The number of hydrogen-bond acceptors (Lipinski definition) is 0. The van der Waals surface area contributed by atoms with E-state index in [2.05, 4.69) is 117 Å². The Bertz CT molecular complexity index is 1320. The predicted octanol–water partition coefficient (Wildman–Crippen LogP) is 4.82. The standard InChI is InChI=1S/C23H29.C12H16.C5H5.2ClH.Zr/c1-14-9-16-11-17-10-15(2)21(23(6,7)8)13-19(17)18(16)12-20(14)22(3,4)5;1-2-3-4-6-9-12-10-7-5-8-11-12;1-2-4-5-3-1;;;/h9,12-13H,11H2,1-8H3;5,7-8,10-11H,2-4,9H2,1H3;1-5H;2*1H;/q-1;;-1;;;+2/p-2. The number of halogens is 2. The molecule has 0 unspecified atom stereocenters. The van der Waals surface area contributed by atoms with Gasteiger partial charge in [-0.3, -0.25) is 0 Å². The van der Waals surface area contributed by atoms with Crippen molar-refractivity contribution in [3.05, 3.63) is 124 Å². The van der Waals surface area contributed by atoms with E-state index < -0.39 is 0 Å². The second-order valence-corrected chi connectivity index (χ2v) is 15.3. The molecule has 4 aromatic carbocycles. The summed E-state index contributed by atoms with van der Waals surface area (Å²) in [6.45, 7) is 20.5. The Balaban J connectivity index is 0.000000390. The van der Waals surface area contributed by atoms with Crippen molar-refractivity contribution < 1.29 is 49.0 Å². The predicted molar refractivity (Wildman–Crippen MR) is 177 cm³/mol. The molecule has 1 aliphatic rings. The third-order valence-corrected chi connectivity index (χ3v) is 8.78. The third kappa shape index (κ3) is 11.7. The van der Waals surface area contributed by atoms with Gasteiger partial charge in [-0.25, -0.2) is 12.1 Å². The van der Waals surface area contributed by atoms with Gasteiger partial charge in [0.1, 0.15) is 0 Å². The summed E-state index contributed by atoms with van der Waals surface area (Å²) >= 11 is 1.61. The van der Waals surface area contributed by atoms with E-state index in [0.29, 0.717) is 0 Å². The van der Waals surface area contributed by atoms with Crippen molar-refractivity contribution >= 4 is 3.21 Å². The Morgan fingerprint density at radius 3 is 1.91 bits per heavy atom. The first-order valence-electron chi connectivity index (χ1n) is 15.3. The largest absolute Gasteiger partial charge is 1.00 e. The molecule has 3 heteroatoms. The normalized spacial score (nSPS) is 11.4. The minimum atomic E-state index is 0. The fourth-order valence-corrected chi connectivity index (χ4v) is 6.60. The van der Waals surface area contributed by atoms with Gasteiger partial charge in [0.15, 0.2) is 0 Å². The van der Waals surface area contributed by atoms with Gasteiger partial charge in [0.25, 0.3) is 0 Å². The van der Waals surface area contributed by atoms with E-state index in [4.69, 9.17) is 0 Å². The summed E-state index contributed by atoms with van der Waals surface area (Å²) in [5.41, 5.74) is 13.1. The molecule has 0 aliphatic heterocycles. The molecule has 0 heterocycles. The molecule has 4 aromatic rings. The summed E-state index contributed by atoms with van der Waals surface area (Å²) in [5, 5.41) is 0. The average molecular weight is 693 g/mol. The van der Waals surface area contributed by atoms with Crippen molar-refractivity contribution in [2.24, 2.45) is 0 Å². The van der Waals surface area contributed by atoms with Crippen LogP contribution < -0.4 is 24.8 Å². The molecule has 43 heavy (non-hydrogen) atoms. The van der Waals surface area contributed by atoms with E-state index in [1.807, 2.05) is 30.3 Å². The molecule has 230 valence electrons. The SMILES string of the molecule is CCCC[C](=[Zr+2])Cc1ccccc1.Cc1[c-]c2c(cc1C(C)(C)C)-c1cc(C(C)(C)C)c(C)cc1C2.[Cl-].[Cl-].c1cc[cH-]c1. The van der Waals surface area contributed by atoms with Crippen LogP contribution in [0.2, 0.25) is 0 Å². The van der Waals surface area contributed by atoms with Crippen LogP contribution in [0.4, 0.5) is 0 Å². The first kappa shape index (κ1) is 39.4. The Labute approximate surface area is 290 Å². The summed E-state index contributed by atoms with van der Waals surface area (Å²) < 4.78 is 1.69. The van der Waals surface area contributed by atoms with Gasteiger partial charge in [-0.05, 0) is 35.4 Å². The number of aryl methyl sites for hydroxylation is 2. The van der Waals surface area contributed by atoms with Gasteiger partial charge < -0.3 is 24.8 Å². The molecule has 0 fully saturated rings. The molecule has 0 atom stereocenters. The van der Waals surface area contributed by atoms with Gasteiger partial charge in [-0.15, -0.1) is 16.7 Å². The zero-order valence-corrected chi connectivity index (χ0v) is 31.8. The molecule has 0 N–H and O–H groups in total. The quantitative estimate of drug-likeness (QED) is 0.232. The summed E-state index contributed by atoms with van der Waals surface area (Å²) in [4.78, 5) is 0. The molecule has 0 radical (unpaired) electrons. The van der Waals surface area contributed by atoms with Crippen molar-refractivity contribution in [1.29, 1.82) is 0 Å². The third-order valence-electron chi connectivity index (χ3n) is 7.73. The van der Waals surface area contributed by atoms with Crippen LogP contribution in [0.25, 0.3) is 11.1 Å². The molecule has 1 aliphatic carbocycles. The van der Waals surface area contributed by atoms with Crippen LogP contribution >= 0.6 is 0 Å². The van der Waals surface area contributed by atoms with Gasteiger partial charge in [0, 0.05) is 0 Å². The molecule has 0 spiro atoms. The number of benzene rings is 3. The molecule has 0 saturated heterocycles. The van der Waals surface area contributed by atoms with Crippen molar-refractivity contribution in [2.75, 3.05) is 0 Å². The average Bonchev–Trinajstić information content (AvgIpc) is 3.58. The maximum absolute atomic E-state index is 3.69. The number of fused-ring (bicyclic) bond motifs is 3. The number of rotatable bonds is 5. The minimum absolute atomic E-state index is 0. The van der Waals surface area contributed by atoms with Gasteiger partial charge in [-0.1, -0.05) is 71.6 Å². The zero-order valence-electron chi connectivity index (χ0n) is 27.8. The van der Waals surface area contributed by atoms with E-state index >= 15 is 0 Å². The van der Waals surface area contributed by atoms with Crippen LogP contribution in [-0.2, 0) is 47.9 Å². The maximum Gasteiger partial charge on any atom is -0.0129 e. The fraction of sp³-hybridized carbons (Fsp3) is 0.400. The summed E-state index contributed by atoms with van der Waals surface area (Å²) in [5.74, 6) is 0. The molecule has 5 rings (SSSR count). The van der Waals surface area contributed by atoms with Crippen LogP contribution in [0.3, 0.4) is 0 Å². The van der Waals surface area contributed by atoms with Crippen molar-refractivity contribution in [3.8, 4) is 11.1 Å². The Morgan fingerprint density at radius 2 is 1.40 bits per heavy atom. The van der Waals surface area contributed by atoms with Gasteiger partial charge >= 0.3 is 95.9 Å². The minimum Gasteiger partial charge on any atom is -1.00 e. The first-order chi connectivity index (χ1) is 19.3. The Hall–Kier alpha value is -1.66. The van der Waals surface area contributed by atoms with Crippen LogP contribution in [0.1, 0.15) is 107 Å². The topological polar surface area (TPSA) is 0 Å². The van der Waals surface area contributed by atoms with Gasteiger partial charge in [-0.2, -0.15) is 35.9 Å². The first-order valence-corrected chi connectivity index (χ1v) is 16.5. The van der Waals surface area contributed by atoms with E-state index in [0.717, 1.165) is 6.42 Å². The molecule has 0 amide bonds. The monoisotopic (exact) mass is 690 g/mol. The van der Waals surface area contributed by atoms with Crippen LogP contribution in [0.5, 0.6) is 0 Å². The molecule has 0 bridgehead atoms. The van der Waals surface area contributed by atoms with E-state index in [9.17, 15) is 0 Å². The second-order valence-electron chi connectivity index (χ2n) is 13.5. The second kappa shape index (κ2) is 17.7. The van der Waals surface area contributed by atoms with Crippen molar-refractivity contribution in [1.82, 2.24) is 0 Å². The summed E-state index contributed by atoms with van der Waals surface area (Å²) in [6.07, 6.45) is 6.21.